The molecule has 0 radical (unpaired) electrons. The van der Waals surface area contributed by atoms with Crippen LogP contribution in [0, 0.1) is 0 Å². The van der Waals surface area contributed by atoms with Crippen LogP contribution in [0.5, 0.6) is 11.5 Å². The van der Waals surface area contributed by atoms with E-state index < -0.39 is 11.5 Å². The Balaban J connectivity index is 1.45. The predicted molar refractivity (Wildman–Crippen MR) is 145 cm³/mol. The van der Waals surface area contributed by atoms with Gasteiger partial charge in [0.1, 0.15) is 16.2 Å². The molecule has 12 heteroatoms. The number of ether oxygens (including phenoxy) is 2. The van der Waals surface area contributed by atoms with E-state index in [2.05, 4.69) is 31.7 Å². The van der Waals surface area contributed by atoms with Gasteiger partial charge in [0.25, 0.3) is 11.5 Å². The first-order chi connectivity index (χ1) is 17.4. The van der Waals surface area contributed by atoms with E-state index >= 15 is 0 Å². The van der Waals surface area contributed by atoms with E-state index in [4.69, 9.17) is 9.47 Å². The molecule has 2 amide bonds. The first-order valence-electron chi connectivity index (χ1n) is 10.8. The quantitative estimate of drug-likeness (QED) is 0.207. The zero-order chi connectivity index (χ0) is 25.5. The molecule has 0 saturated heterocycles. The Morgan fingerprint density at radius 1 is 1.08 bits per heavy atom. The van der Waals surface area contributed by atoms with E-state index in [0.717, 1.165) is 16.4 Å². The molecular formula is C24H21BrN4O5S2. The minimum absolute atomic E-state index is 0.0291. The molecule has 4 aromatic rings. The highest BCUT2D eigenvalue weighted by Gasteiger charge is 2.17. The van der Waals surface area contributed by atoms with Gasteiger partial charge in [0.05, 0.1) is 22.3 Å². The van der Waals surface area contributed by atoms with Gasteiger partial charge in [-0.25, -0.2) is 4.98 Å². The van der Waals surface area contributed by atoms with E-state index in [1.807, 2.05) is 13.0 Å². The highest BCUT2D eigenvalue weighted by molar-refractivity contribution is 9.10. The predicted octanol–water partition coefficient (Wildman–Crippen LogP) is 4.50. The van der Waals surface area contributed by atoms with Crippen molar-refractivity contribution in [3.63, 3.8) is 0 Å². The van der Waals surface area contributed by atoms with Crippen molar-refractivity contribution in [2.75, 3.05) is 29.7 Å². The van der Waals surface area contributed by atoms with Gasteiger partial charge in [-0.15, -0.1) is 11.3 Å². The highest BCUT2D eigenvalue weighted by atomic mass is 79.9. The van der Waals surface area contributed by atoms with Crippen molar-refractivity contribution in [3.8, 4) is 11.5 Å². The molecule has 4 rings (SSSR count). The monoisotopic (exact) mass is 588 g/mol. The number of aromatic nitrogens is 2. The molecule has 0 saturated carbocycles. The van der Waals surface area contributed by atoms with Gasteiger partial charge in [0.2, 0.25) is 5.91 Å². The van der Waals surface area contributed by atoms with Gasteiger partial charge in [-0.05, 0) is 70.7 Å². The van der Waals surface area contributed by atoms with E-state index in [9.17, 15) is 14.4 Å². The highest BCUT2D eigenvalue weighted by Crippen LogP contribution is 2.24. The number of para-hydroxylation sites is 1. The van der Waals surface area contributed by atoms with Crippen LogP contribution in [0.3, 0.4) is 0 Å². The average Bonchev–Trinajstić information content (AvgIpc) is 3.34. The summed E-state index contributed by atoms with van der Waals surface area (Å²) in [6.45, 7) is 2.13. The fraction of sp³-hybridized carbons (Fsp3) is 0.167. The summed E-state index contributed by atoms with van der Waals surface area (Å²) in [5, 5.41) is 4.72. The van der Waals surface area contributed by atoms with Crippen LogP contribution in [0.1, 0.15) is 6.92 Å². The summed E-state index contributed by atoms with van der Waals surface area (Å²) in [7, 11) is 0. The number of halogens is 1. The Hall–Kier alpha value is -3.35. The number of carbonyl (C=O) groups excluding carboxylic acids is 2. The number of hydrogen-bond acceptors (Lipinski definition) is 8. The zero-order valence-electron chi connectivity index (χ0n) is 19.0. The van der Waals surface area contributed by atoms with Crippen LogP contribution in [0.25, 0.3) is 10.2 Å². The summed E-state index contributed by atoms with van der Waals surface area (Å²) in [4.78, 5) is 42.6. The second-order valence-corrected chi connectivity index (χ2v) is 9.93. The lowest BCUT2D eigenvalue weighted by Gasteiger charge is -2.14. The second kappa shape index (κ2) is 12.1. The Morgan fingerprint density at radius 2 is 1.86 bits per heavy atom. The SMILES string of the molecule is CCOc1ccc(NC(=O)CSc2nc3ccsc3c(=O)n2NC(=O)COc2ccccc2Br)cc1. The Labute approximate surface area is 222 Å². The molecule has 0 bridgehead atoms. The average molecular weight is 589 g/mol. The molecule has 0 aliphatic heterocycles. The number of anilines is 1. The molecule has 186 valence electrons. The largest absolute Gasteiger partial charge is 0.494 e. The van der Waals surface area contributed by atoms with Gasteiger partial charge in [-0.1, -0.05) is 23.9 Å². The smallest absolute Gasteiger partial charge is 0.291 e. The van der Waals surface area contributed by atoms with Gasteiger partial charge >= 0.3 is 0 Å². The van der Waals surface area contributed by atoms with Crippen molar-refractivity contribution < 1.29 is 19.1 Å². The van der Waals surface area contributed by atoms with Crippen LogP contribution in [-0.2, 0) is 9.59 Å². The van der Waals surface area contributed by atoms with Crippen LogP contribution in [-0.4, -0.2) is 40.4 Å². The number of benzene rings is 2. The summed E-state index contributed by atoms with van der Waals surface area (Å²) < 4.78 is 13.1. The number of thiophene rings is 1. The maximum Gasteiger partial charge on any atom is 0.291 e. The third-order valence-electron chi connectivity index (χ3n) is 4.66. The summed E-state index contributed by atoms with van der Waals surface area (Å²) in [6, 6.07) is 15.8. The third-order valence-corrected chi connectivity index (χ3v) is 7.15. The van der Waals surface area contributed by atoms with E-state index in [-0.39, 0.29) is 23.4 Å². The lowest BCUT2D eigenvalue weighted by Crippen LogP contribution is -2.37. The molecule has 36 heavy (non-hydrogen) atoms. The maximum atomic E-state index is 13.0. The summed E-state index contributed by atoms with van der Waals surface area (Å²) in [5.41, 5.74) is 3.22. The maximum absolute atomic E-state index is 13.0. The molecule has 2 heterocycles. The zero-order valence-corrected chi connectivity index (χ0v) is 22.2. The van der Waals surface area contributed by atoms with Crippen molar-refractivity contribution in [1.82, 2.24) is 9.66 Å². The number of hydrogen-bond donors (Lipinski definition) is 2. The fourth-order valence-electron chi connectivity index (χ4n) is 3.08. The molecule has 0 unspecified atom stereocenters. The Kier molecular flexibility index (Phi) is 8.62. The number of rotatable bonds is 10. The van der Waals surface area contributed by atoms with Crippen molar-refractivity contribution in [1.29, 1.82) is 0 Å². The van der Waals surface area contributed by atoms with Gasteiger partial charge in [-0.2, -0.15) is 4.68 Å². The molecule has 0 fully saturated rings. The lowest BCUT2D eigenvalue weighted by molar-refractivity contribution is -0.119. The van der Waals surface area contributed by atoms with E-state index in [1.54, 1.807) is 53.9 Å². The molecule has 9 nitrogen and oxygen atoms in total. The first kappa shape index (κ1) is 25.7. The van der Waals surface area contributed by atoms with Crippen LogP contribution >= 0.6 is 39.0 Å². The first-order valence-corrected chi connectivity index (χ1v) is 13.4. The summed E-state index contributed by atoms with van der Waals surface area (Å²) in [5.74, 6) is 0.331. The molecular weight excluding hydrogens is 568 g/mol. The lowest BCUT2D eigenvalue weighted by atomic mass is 10.3. The molecule has 2 N–H and O–H groups in total. The van der Waals surface area contributed by atoms with Crippen LogP contribution in [0.2, 0.25) is 0 Å². The topological polar surface area (TPSA) is 112 Å². The van der Waals surface area contributed by atoms with Gasteiger partial charge in [0.15, 0.2) is 11.8 Å². The second-order valence-electron chi connectivity index (χ2n) is 7.22. The number of thioether (sulfide) groups is 1. The number of fused-ring (bicyclic) bond motifs is 1. The van der Waals surface area contributed by atoms with Crippen molar-refractivity contribution >= 4 is 66.7 Å². The van der Waals surface area contributed by atoms with Crippen LogP contribution in [0.15, 0.2) is 74.4 Å². The molecule has 2 aromatic carbocycles. The minimum Gasteiger partial charge on any atom is -0.494 e. The normalized spacial score (nSPS) is 10.7. The van der Waals surface area contributed by atoms with Crippen LogP contribution in [0.4, 0.5) is 5.69 Å². The van der Waals surface area contributed by atoms with Gasteiger partial charge in [0, 0.05) is 5.69 Å². The summed E-state index contributed by atoms with van der Waals surface area (Å²) >= 11 is 5.62. The van der Waals surface area contributed by atoms with Crippen molar-refractivity contribution in [2.24, 2.45) is 0 Å². The van der Waals surface area contributed by atoms with Crippen molar-refractivity contribution in [2.45, 2.75) is 12.1 Å². The Morgan fingerprint density at radius 3 is 2.61 bits per heavy atom. The number of carbonyl (C=O) groups is 2. The fourth-order valence-corrected chi connectivity index (χ4v) is 4.99. The summed E-state index contributed by atoms with van der Waals surface area (Å²) in [6.07, 6.45) is 0. The Bertz CT molecular complexity index is 1440. The molecule has 0 spiro atoms. The molecule has 2 aromatic heterocycles. The van der Waals surface area contributed by atoms with Crippen LogP contribution < -0.4 is 25.8 Å². The van der Waals surface area contributed by atoms with E-state index in [0.29, 0.717) is 38.5 Å². The third kappa shape index (κ3) is 6.45. The number of amides is 2. The molecule has 0 aliphatic carbocycles. The number of nitrogens with one attached hydrogen (secondary N) is 2. The minimum atomic E-state index is -0.550. The van der Waals surface area contributed by atoms with Gasteiger partial charge < -0.3 is 14.8 Å². The van der Waals surface area contributed by atoms with Gasteiger partial charge in [-0.3, -0.25) is 19.8 Å². The van der Waals surface area contributed by atoms with E-state index in [1.165, 1.54) is 11.3 Å². The molecule has 0 aliphatic rings. The van der Waals surface area contributed by atoms with Crippen molar-refractivity contribution in [3.05, 3.63) is 74.8 Å². The number of nitrogens with zero attached hydrogens (tertiary/aromatic N) is 2. The standard InChI is InChI=1S/C24H21BrN4O5S2/c1-2-33-16-9-7-15(8-10-16)26-21(31)14-36-24-27-18-11-12-35-22(18)23(32)29(24)28-20(30)13-34-19-6-4-3-5-17(19)25/h3-12H,2,13-14H2,1H3,(H,26,31)(H,28,30). The molecule has 0 atom stereocenters.